The Hall–Kier alpha value is -1.66. The fourth-order valence-corrected chi connectivity index (χ4v) is 0.894. The quantitative estimate of drug-likeness (QED) is 0.539. The molecule has 0 saturated carbocycles. The van der Waals surface area contributed by atoms with E-state index in [1.807, 2.05) is 0 Å². The molecule has 0 aliphatic heterocycles. The van der Waals surface area contributed by atoms with Crippen LogP contribution >= 0.6 is 0 Å². The lowest BCUT2D eigenvalue weighted by atomic mass is 10.1. The van der Waals surface area contributed by atoms with Crippen LogP contribution in [0, 0.1) is 17.7 Å². The zero-order chi connectivity index (χ0) is 10.6. The molecule has 0 aliphatic rings. The number of aldehydes is 1. The van der Waals surface area contributed by atoms with E-state index in [0.717, 1.165) is 0 Å². The highest BCUT2D eigenvalue weighted by atomic mass is 19.1. The van der Waals surface area contributed by atoms with Crippen molar-refractivity contribution in [2.24, 2.45) is 0 Å². The van der Waals surface area contributed by atoms with Gasteiger partial charge in [-0.1, -0.05) is 11.8 Å². The molecule has 3 heteroatoms. The summed E-state index contributed by atoms with van der Waals surface area (Å²) in [6, 6.07) is 3.89. The van der Waals surface area contributed by atoms with Crippen LogP contribution < -0.4 is 0 Å². The van der Waals surface area contributed by atoms with E-state index in [1.54, 1.807) is 0 Å². The summed E-state index contributed by atoms with van der Waals surface area (Å²) in [6.45, 7) is 1.48. The third-order valence-corrected chi connectivity index (χ3v) is 1.54. The van der Waals surface area contributed by atoms with Gasteiger partial charge in [0, 0.05) is 5.56 Å². The maximum absolute atomic E-state index is 13.1. The Balaban J connectivity index is 3.08. The number of aliphatic hydroxyl groups is 1. The number of carbonyl (C=O) groups is 1. The maximum Gasteiger partial charge on any atom is 0.150 e. The van der Waals surface area contributed by atoms with Crippen molar-refractivity contribution in [2.75, 3.05) is 0 Å². The normalized spacial score (nSPS) is 11.4. The fraction of sp³-hybridized carbons (Fsp3) is 0.182. The van der Waals surface area contributed by atoms with Crippen molar-refractivity contribution >= 4 is 6.29 Å². The minimum Gasteiger partial charge on any atom is -0.381 e. The molecule has 0 aromatic heterocycles. The van der Waals surface area contributed by atoms with Crippen molar-refractivity contribution in [3.05, 3.63) is 35.1 Å². The van der Waals surface area contributed by atoms with Gasteiger partial charge in [-0.15, -0.1) is 0 Å². The van der Waals surface area contributed by atoms with E-state index < -0.39 is 11.9 Å². The van der Waals surface area contributed by atoms with E-state index >= 15 is 0 Å². The molecule has 1 aromatic rings. The summed E-state index contributed by atoms with van der Waals surface area (Å²) in [5.41, 5.74) is 0.483. The van der Waals surface area contributed by atoms with Crippen molar-refractivity contribution in [2.45, 2.75) is 13.0 Å². The molecule has 72 valence electrons. The number of aliphatic hydroxyl groups excluding tert-OH is 1. The van der Waals surface area contributed by atoms with Crippen molar-refractivity contribution in [1.29, 1.82) is 0 Å². The monoisotopic (exact) mass is 192 g/mol. The third kappa shape index (κ3) is 2.68. The van der Waals surface area contributed by atoms with Crippen LogP contribution in [0.25, 0.3) is 0 Å². The summed E-state index contributed by atoms with van der Waals surface area (Å²) < 4.78 is 13.1. The van der Waals surface area contributed by atoms with Crippen molar-refractivity contribution < 1.29 is 14.3 Å². The van der Waals surface area contributed by atoms with Gasteiger partial charge in [-0.05, 0) is 25.1 Å². The SMILES string of the molecule is C[C@H](O)C#Cc1cc(C=O)ccc1F. The lowest BCUT2D eigenvalue weighted by molar-refractivity contribution is 0.112. The molecular weight excluding hydrogens is 183 g/mol. The Bertz CT molecular complexity index is 399. The predicted octanol–water partition coefficient (Wildman–Crippen LogP) is 1.37. The van der Waals surface area contributed by atoms with Gasteiger partial charge in [-0.2, -0.15) is 0 Å². The topological polar surface area (TPSA) is 37.3 Å². The highest BCUT2D eigenvalue weighted by molar-refractivity contribution is 5.75. The van der Waals surface area contributed by atoms with Crippen LogP contribution in [-0.2, 0) is 0 Å². The van der Waals surface area contributed by atoms with Crippen LogP contribution in [0.4, 0.5) is 4.39 Å². The minimum absolute atomic E-state index is 0.121. The lowest BCUT2D eigenvalue weighted by Crippen LogP contribution is -1.94. The largest absolute Gasteiger partial charge is 0.381 e. The second kappa shape index (κ2) is 4.54. The van der Waals surface area contributed by atoms with Crippen molar-refractivity contribution in [3.63, 3.8) is 0 Å². The molecule has 1 atom stereocenters. The van der Waals surface area contributed by atoms with Crippen LogP contribution in [0.5, 0.6) is 0 Å². The Morgan fingerprint density at radius 2 is 2.29 bits per heavy atom. The van der Waals surface area contributed by atoms with E-state index in [9.17, 15) is 9.18 Å². The number of benzene rings is 1. The Kier molecular flexibility index (Phi) is 3.38. The molecule has 1 aromatic carbocycles. The molecule has 1 N–H and O–H groups in total. The van der Waals surface area contributed by atoms with Gasteiger partial charge < -0.3 is 5.11 Å². The Labute approximate surface area is 81.4 Å². The van der Waals surface area contributed by atoms with Gasteiger partial charge >= 0.3 is 0 Å². The molecule has 2 nitrogen and oxygen atoms in total. The van der Waals surface area contributed by atoms with Gasteiger partial charge in [0.05, 0.1) is 5.56 Å². The standard InChI is InChI=1S/C11H9FO2/c1-8(14)2-4-10-6-9(7-13)3-5-11(10)12/h3,5-8,14H,1H3/t8-/m0/s1. The van der Waals surface area contributed by atoms with Gasteiger partial charge in [0.15, 0.2) is 0 Å². The van der Waals surface area contributed by atoms with Crippen molar-refractivity contribution in [1.82, 2.24) is 0 Å². The molecule has 0 fully saturated rings. The van der Waals surface area contributed by atoms with Crippen LogP contribution in [0.15, 0.2) is 18.2 Å². The van der Waals surface area contributed by atoms with E-state index in [1.165, 1.54) is 25.1 Å². The van der Waals surface area contributed by atoms with Gasteiger partial charge in [-0.25, -0.2) is 4.39 Å². The van der Waals surface area contributed by atoms with E-state index in [4.69, 9.17) is 5.11 Å². The smallest absolute Gasteiger partial charge is 0.150 e. The van der Waals surface area contributed by atoms with E-state index in [-0.39, 0.29) is 5.56 Å². The summed E-state index contributed by atoms with van der Waals surface area (Å²) in [5.74, 6) is 4.36. The van der Waals surface area contributed by atoms with Gasteiger partial charge in [0.1, 0.15) is 18.2 Å². The summed E-state index contributed by atoms with van der Waals surface area (Å²) >= 11 is 0. The van der Waals surface area contributed by atoms with Crippen LogP contribution in [0.3, 0.4) is 0 Å². The Morgan fingerprint density at radius 1 is 1.57 bits per heavy atom. The zero-order valence-corrected chi connectivity index (χ0v) is 7.62. The number of carbonyl (C=O) groups excluding carboxylic acids is 1. The fourth-order valence-electron chi connectivity index (χ4n) is 0.894. The van der Waals surface area contributed by atoms with Gasteiger partial charge in [0.2, 0.25) is 0 Å². The summed E-state index contributed by atoms with van der Waals surface area (Å²) in [4.78, 5) is 10.4. The van der Waals surface area contributed by atoms with Gasteiger partial charge in [-0.3, -0.25) is 4.79 Å². The average Bonchev–Trinajstić information content (AvgIpc) is 2.16. The van der Waals surface area contributed by atoms with Crippen LogP contribution in [0.1, 0.15) is 22.8 Å². The molecule has 0 amide bonds. The highest BCUT2D eigenvalue weighted by Gasteiger charge is 2.00. The van der Waals surface area contributed by atoms with E-state index in [2.05, 4.69) is 11.8 Å². The minimum atomic E-state index is -0.811. The predicted molar refractivity (Wildman–Crippen MR) is 50.3 cm³/mol. The first-order chi connectivity index (χ1) is 6.63. The number of rotatable bonds is 1. The van der Waals surface area contributed by atoms with E-state index in [0.29, 0.717) is 11.8 Å². The van der Waals surface area contributed by atoms with Gasteiger partial charge in [0.25, 0.3) is 0 Å². The molecule has 0 radical (unpaired) electrons. The maximum atomic E-state index is 13.1. The summed E-state index contributed by atoms with van der Waals surface area (Å²) in [7, 11) is 0. The molecule has 0 unspecified atom stereocenters. The first kappa shape index (κ1) is 10.4. The summed E-state index contributed by atoms with van der Waals surface area (Å²) in [6.07, 6.45) is -0.193. The third-order valence-electron chi connectivity index (χ3n) is 1.54. The molecular formula is C11H9FO2. The molecule has 1 rings (SSSR count). The second-order valence-corrected chi connectivity index (χ2v) is 2.80. The summed E-state index contributed by atoms with van der Waals surface area (Å²) in [5, 5.41) is 8.87. The zero-order valence-electron chi connectivity index (χ0n) is 7.62. The first-order valence-corrected chi connectivity index (χ1v) is 4.08. The van der Waals surface area contributed by atoms with Crippen LogP contribution in [0.2, 0.25) is 0 Å². The molecule has 0 saturated heterocycles. The molecule has 0 spiro atoms. The highest BCUT2D eigenvalue weighted by Crippen LogP contribution is 2.07. The van der Waals surface area contributed by atoms with Crippen molar-refractivity contribution in [3.8, 4) is 11.8 Å². The molecule has 0 heterocycles. The molecule has 0 bridgehead atoms. The second-order valence-electron chi connectivity index (χ2n) is 2.80. The van der Waals surface area contributed by atoms with Crippen LogP contribution in [-0.4, -0.2) is 17.5 Å². The molecule has 0 aliphatic carbocycles. The average molecular weight is 192 g/mol. The number of halogens is 1. The number of hydrogen-bond donors (Lipinski definition) is 1. The Morgan fingerprint density at radius 3 is 2.86 bits per heavy atom. The first-order valence-electron chi connectivity index (χ1n) is 4.08. The number of hydrogen-bond acceptors (Lipinski definition) is 2. The molecule has 14 heavy (non-hydrogen) atoms. The lowest BCUT2D eigenvalue weighted by Gasteiger charge is -1.95.